The minimum Gasteiger partial charge on any atom is -0.378 e. The molecule has 1 saturated carbocycles. The van der Waals surface area contributed by atoms with Crippen molar-refractivity contribution in [3.63, 3.8) is 0 Å². The van der Waals surface area contributed by atoms with E-state index in [1.165, 1.54) is 22.3 Å². The standard InChI is InChI=1S/C25H28F4O/c1-18-4-10-21(11-5-18)22-12-6-19(7-13-22)3-2-16-30-23-14-8-20(9-15-23)17-24(26)25(27,28)29/h4-7,10-13,17,20,23H,2-3,8-9,14-16H2,1H3. The van der Waals surface area contributed by atoms with Crippen molar-refractivity contribution < 1.29 is 22.3 Å². The third kappa shape index (κ3) is 6.69. The van der Waals surface area contributed by atoms with Crippen LogP contribution < -0.4 is 0 Å². The maximum Gasteiger partial charge on any atom is 0.442 e. The third-order valence-corrected chi connectivity index (χ3v) is 5.67. The fourth-order valence-corrected chi connectivity index (χ4v) is 3.86. The van der Waals surface area contributed by atoms with Gasteiger partial charge in [0.1, 0.15) is 0 Å². The average Bonchev–Trinajstić information content (AvgIpc) is 2.73. The molecule has 0 heterocycles. The smallest absolute Gasteiger partial charge is 0.378 e. The van der Waals surface area contributed by atoms with E-state index < -0.39 is 12.0 Å². The highest BCUT2D eigenvalue weighted by molar-refractivity contribution is 5.63. The molecular weight excluding hydrogens is 392 g/mol. The van der Waals surface area contributed by atoms with Gasteiger partial charge in [-0.25, -0.2) is 4.39 Å². The van der Waals surface area contributed by atoms with Gasteiger partial charge < -0.3 is 4.74 Å². The van der Waals surface area contributed by atoms with Gasteiger partial charge in [0, 0.05) is 6.61 Å². The lowest BCUT2D eigenvalue weighted by molar-refractivity contribution is -0.109. The van der Waals surface area contributed by atoms with Crippen LogP contribution >= 0.6 is 0 Å². The van der Waals surface area contributed by atoms with Crippen LogP contribution in [-0.2, 0) is 11.2 Å². The number of halogens is 4. The summed E-state index contributed by atoms with van der Waals surface area (Å²) in [5.74, 6) is -2.32. The van der Waals surface area contributed by atoms with Crippen LogP contribution in [0.1, 0.15) is 43.2 Å². The van der Waals surface area contributed by atoms with Gasteiger partial charge in [0.2, 0.25) is 0 Å². The SMILES string of the molecule is Cc1ccc(-c2ccc(CCCOC3CCC(C=C(F)C(F)(F)F)CC3)cc2)cc1. The topological polar surface area (TPSA) is 9.23 Å². The first kappa shape index (κ1) is 22.5. The van der Waals surface area contributed by atoms with Crippen molar-refractivity contribution in [2.75, 3.05) is 6.61 Å². The lowest BCUT2D eigenvalue weighted by Crippen LogP contribution is -2.22. The van der Waals surface area contributed by atoms with Gasteiger partial charge in [-0.05, 0) is 74.1 Å². The Morgan fingerprint density at radius 2 is 1.50 bits per heavy atom. The van der Waals surface area contributed by atoms with Gasteiger partial charge in [-0.15, -0.1) is 0 Å². The van der Waals surface area contributed by atoms with E-state index in [0.29, 0.717) is 32.3 Å². The molecule has 30 heavy (non-hydrogen) atoms. The number of rotatable bonds is 7. The van der Waals surface area contributed by atoms with Gasteiger partial charge in [0.15, 0.2) is 5.83 Å². The fourth-order valence-electron chi connectivity index (χ4n) is 3.86. The van der Waals surface area contributed by atoms with Crippen LogP contribution in [0.4, 0.5) is 17.6 Å². The highest BCUT2D eigenvalue weighted by Gasteiger charge is 2.35. The molecule has 1 fully saturated rings. The number of alkyl halides is 3. The highest BCUT2D eigenvalue weighted by Crippen LogP contribution is 2.33. The van der Waals surface area contributed by atoms with Crippen LogP contribution in [0.25, 0.3) is 11.1 Å². The zero-order chi connectivity index (χ0) is 21.6. The highest BCUT2D eigenvalue weighted by atomic mass is 19.4. The summed E-state index contributed by atoms with van der Waals surface area (Å²) in [6, 6.07) is 17.0. The van der Waals surface area contributed by atoms with E-state index in [0.717, 1.165) is 18.9 Å². The van der Waals surface area contributed by atoms with Gasteiger partial charge in [0.25, 0.3) is 0 Å². The number of ether oxygens (including phenoxy) is 1. The maximum absolute atomic E-state index is 13.0. The predicted molar refractivity (Wildman–Crippen MR) is 112 cm³/mol. The summed E-state index contributed by atoms with van der Waals surface area (Å²) >= 11 is 0. The Labute approximate surface area is 175 Å². The van der Waals surface area contributed by atoms with Crippen molar-refractivity contribution in [1.29, 1.82) is 0 Å². The number of benzene rings is 2. The van der Waals surface area contributed by atoms with Crippen molar-refractivity contribution >= 4 is 0 Å². The second-order valence-electron chi connectivity index (χ2n) is 8.09. The molecule has 0 aromatic heterocycles. The quantitative estimate of drug-likeness (QED) is 0.331. The van der Waals surface area contributed by atoms with Crippen molar-refractivity contribution in [3.05, 3.63) is 71.6 Å². The van der Waals surface area contributed by atoms with Crippen molar-refractivity contribution in [2.24, 2.45) is 5.92 Å². The molecule has 1 aliphatic rings. The third-order valence-electron chi connectivity index (χ3n) is 5.67. The molecule has 162 valence electrons. The number of hydrogen-bond acceptors (Lipinski definition) is 1. The lowest BCUT2D eigenvalue weighted by atomic mass is 9.87. The molecule has 3 rings (SSSR count). The summed E-state index contributed by atoms with van der Waals surface area (Å²) in [5, 5.41) is 0. The number of hydrogen-bond donors (Lipinski definition) is 0. The van der Waals surface area contributed by atoms with Crippen molar-refractivity contribution in [2.45, 2.75) is 57.7 Å². The van der Waals surface area contributed by atoms with Crippen molar-refractivity contribution in [1.82, 2.24) is 0 Å². The average molecular weight is 420 g/mol. The molecule has 1 aliphatic carbocycles. The second-order valence-corrected chi connectivity index (χ2v) is 8.09. The molecule has 0 radical (unpaired) electrons. The molecule has 0 spiro atoms. The van der Waals surface area contributed by atoms with E-state index in [-0.39, 0.29) is 12.0 Å². The fraction of sp³-hybridized carbons (Fsp3) is 0.440. The van der Waals surface area contributed by atoms with Crippen LogP contribution in [0.3, 0.4) is 0 Å². The van der Waals surface area contributed by atoms with E-state index in [4.69, 9.17) is 4.74 Å². The van der Waals surface area contributed by atoms with E-state index in [2.05, 4.69) is 55.5 Å². The van der Waals surface area contributed by atoms with Gasteiger partial charge in [-0.2, -0.15) is 13.2 Å². The largest absolute Gasteiger partial charge is 0.442 e. The molecule has 1 nitrogen and oxygen atoms in total. The Kier molecular flexibility index (Phi) is 7.70. The summed E-state index contributed by atoms with van der Waals surface area (Å²) in [7, 11) is 0. The van der Waals surface area contributed by atoms with E-state index in [1.807, 2.05) is 0 Å². The Bertz CT molecular complexity index is 814. The minimum absolute atomic E-state index is 0.0625. The lowest BCUT2D eigenvalue weighted by Gasteiger charge is -2.27. The molecule has 2 aromatic rings. The molecule has 0 unspecified atom stereocenters. The summed E-state index contributed by atoms with van der Waals surface area (Å²) in [5.41, 5.74) is 4.90. The molecule has 0 amide bonds. The molecule has 0 saturated heterocycles. The van der Waals surface area contributed by atoms with E-state index in [1.54, 1.807) is 0 Å². The molecule has 0 atom stereocenters. The summed E-state index contributed by atoms with van der Waals surface area (Å²) in [6.45, 7) is 2.70. The van der Waals surface area contributed by atoms with Crippen LogP contribution in [0.2, 0.25) is 0 Å². The molecule has 5 heteroatoms. The summed E-state index contributed by atoms with van der Waals surface area (Å²) in [6.07, 6.45) is 0.170. The summed E-state index contributed by atoms with van der Waals surface area (Å²) < 4.78 is 55.8. The molecule has 0 aliphatic heterocycles. The van der Waals surface area contributed by atoms with Crippen LogP contribution in [0.5, 0.6) is 0 Å². The van der Waals surface area contributed by atoms with Crippen LogP contribution in [0, 0.1) is 12.8 Å². The van der Waals surface area contributed by atoms with Crippen LogP contribution in [0.15, 0.2) is 60.4 Å². The van der Waals surface area contributed by atoms with Gasteiger partial charge >= 0.3 is 6.18 Å². The van der Waals surface area contributed by atoms with Crippen molar-refractivity contribution in [3.8, 4) is 11.1 Å². The second kappa shape index (κ2) is 10.3. The molecule has 0 N–H and O–H groups in total. The first-order valence-electron chi connectivity index (χ1n) is 10.5. The van der Waals surface area contributed by atoms with Gasteiger partial charge in [-0.1, -0.05) is 54.1 Å². The molecule has 2 aromatic carbocycles. The monoisotopic (exact) mass is 420 g/mol. The zero-order valence-electron chi connectivity index (χ0n) is 17.2. The minimum atomic E-state index is -4.87. The van der Waals surface area contributed by atoms with E-state index >= 15 is 0 Å². The van der Waals surface area contributed by atoms with Gasteiger partial charge in [0.05, 0.1) is 6.10 Å². The first-order valence-corrected chi connectivity index (χ1v) is 10.5. The Morgan fingerprint density at radius 3 is 2.07 bits per heavy atom. The Balaban J connectivity index is 1.36. The number of allylic oxidation sites excluding steroid dienone is 2. The molecule has 0 bridgehead atoms. The number of aryl methyl sites for hydroxylation is 2. The summed E-state index contributed by atoms with van der Waals surface area (Å²) in [4.78, 5) is 0. The molecular formula is C25H28F4O. The van der Waals surface area contributed by atoms with Gasteiger partial charge in [-0.3, -0.25) is 0 Å². The predicted octanol–water partition coefficient (Wildman–Crippen LogP) is 7.59. The maximum atomic E-state index is 13.0. The zero-order valence-corrected chi connectivity index (χ0v) is 17.2. The first-order chi connectivity index (χ1) is 14.3. The Morgan fingerprint density at radius 1 is 0.933 bits per heavy atom. The van der Waals surface area contributed by atoms with Crippen LogP contribution in [-0.4, -0.2) is 18.9 Å². The van der Waals surface area contributed by atoms with E-state index in [9.17, 15) is 17.6 Å². The normalized spacial score (nSPS) is 20.4. The Hall–Kier alpha value is -2.14.